The first-order chi connectivity index (χ1) is 7.82. The number of benzene rings is 1. The molecule has 0 nitrogen and oxygen atoms in total. The van der Waals surface area contributed by atoms with Crippen molar-refractivity contribution in [3.63, 3.8) is 0 Å². The summed E-state index contributed by atoms with van der Waals surface area (Å²) in [5.41, 5.74) is 7.65. The molecule has 17 heavy (non-hydrogen) atoms. The largest absolute Gasteiger partial charge is 0.0625 e. The van der Waals surface area contributed by atoms with Crippen LogP contribution in [0.15, 0.2) is 6.07 Å². The van der Waals surface area contributed by atoms with Gasteiger partial charge in [-0.2, -0.15) is 0 Å². The minimum Gasteiger partial charge on any atom is -0.0625 e. The predicted molar refractivity (Wildman–Crippen MR) is 77.7 cm³/mol. The Labute approximate surface area is 107 Å². The zero-order valence-electron chi connectivity index (χ0n) is 12.6. The van der Waals surface area contributed by atoms with Gasteiger partial charge in [-0.25, -0.2) is 0 Å². The highest BCUT2D eigenvalue weighted by molar-refractivity contribution is 5.45. The number of hydrogen-bond donors (Lipinski definition) is 0. The maximum atomic E-state index is 2.40. The molecule has 0 aliphatic rings. The monoisotopic (exact) mass is 232 g/mol. The van der Waals surface area contributed by atoms with E-state index in [-0.39, 0.29) is 0 Å². The van der Waals surface area contributed by atoms with Crippen LogP contribution in [0.1, 0.15) is 55.5 Å². The smallest absolute Gasteiger partial charge is 0.0250 e. The van der Waals surface area contributed by atoms with Crippen molar-refractivity contribution >= 4 is 0 Å². The lowest BCUT2D eigenvalue weighted by Gasteiger charge is -2.19. The average Bonchev–Trinajstić information content (AvgIpc) is 2.20. The minimum absolute atomic E-state index is 0.737. The molecule has 0 fully saturated rings. The van der Waals surface area contributed by atoms with Gasteiger partial charge in [0.15, 0.2) is 0 Å². The third-order valence-electron chi connectivity index (χ3n) is 3.61. The molecular formula is C17H28. The summed E-state index contributed by atoms with van der Waals surface area (Å²) >= 11 is 0. The van der Waals surface area contributed by atoms with Crippen LogP contribution in [0.25, 0.3) is 0 Å². The molecule has 0 saturated heterocycles. The molecule has 1 aromatic carbocycles. The molecule has 0 unspecified atom stereocenters. The van der Waals surface area contributed by atoms with Crippen LogP contribution < -0.4 is 0 Å². The van der Waals surface area contributed by atoms with Crippen molar-refractivity contribution in [1.82, 2.24) is 0 Å². The molecular weight excluding hydrogens is 204 g/mol. The molecule has 0 saturated carbocycles. The zero-order valence-corrected chi connectivity index (χ0v) is 12.6. The minimum atomic E-state index is 0.737. The highest BCUT2D eigenvalue weighted by atomic mass is 14.2. The van der Waals surface area contributed by atoms with E-state index in [1.54, 1.807) is 11.1 Å². The Morgan fingerprint density at radius 3 is 1.82 bits per heavy atom. The lowest BCUT2D eigenvalue weighted by Crippen LogP contribution is -2.06. The van der Waals surface area contributed by atoms with E-state index in [2.05, 4.69) is 54.5 Å². The summed E-state index contributed by atoms with van der Waals surface area (Å²) in [7, 11) is 0. The van der Waals surface area contributed by atoms with E-state index < -0.39 is 0 Å². The van der Waals surface area contributed by atoms with E-state index >= 15 is 0 Å². The van der Waals surface area contributed by atoms with Gasteiger partial charge in [-0.1, -0.05) is 33.8 Å². The van der Waals surface area contributed by atoms with Gasteiger partial charge in [0.1, 0.15) is 0 Å². The van der Waals surface area contributed by atoms with E-state index in [0.29, 0.717) is 0 Å². The Bertz CT molecular complexity index is 384. The second-order valence-electron chi connectivity index (χ2n) is 6.28. The molecule has 0 radical (unpaired) electrons. The highest BCUT2D eigenvalue weighted by Crippen LogP contribution is 2.26. The maximum absolute atomic E-state index is 2.40. The van der Waals surface area contributed by atoms with Gasteiger partial charge in [0.25, 0.3) is 0 Å². The fourth-order valence-electron chi connectivity index (χ4n) is 2.56. The summed E-state index contributed by atoms with van der Waals surface area (Å²) in [5, 5.41) is 0. The Hall–Kier alpha value is -0.780. The van der Waals surface area contributed by atoms with E-state index in [1.807, 2.05) is 0 Å². The maximum Gasteiger partial charge on any atom is -0.0250 e. The summed E-state index contributed by atoms with van der Waals surface area (Å²) in [6.45, 7) is 16.1. The first-order valence-electron chi connectivity index (χ1n) is 6.91. The molecule has 0 atom stereocenters. The lowest BCUT2D eigenvalue weighted by atomic mass is 9.86. The molecule has 0 heterocycles. The second kappa shape index (κ2) is 5.71. The number of rotatable bonds is 4. The van der Waals surface area contributed by atoms with Gasteiger partial charge in [0, 0.05) is 0 Å². The zero-order chi connectivity index (χ0) is 13.2. The van der Waals surface area contributed by atoms with Gasteiger partial charge in [-0.05, 0) is 73.3 Å². The van der Waals surface area contributed by atoms with Gasteiger partial charge in [0.2, 0.25) is 0 Å². The van der Waals surface area contributed by atoms with Crippen LogP contribution in [0.5, 0.6) is 0 Å². The van der Waals surface area contributed by atoms with Crippen molar-refractivity contribution in [3.05, 3.63) is 33.9 Å². The van der Waals surface area contributed by atoms with Crippen molar-refractivity contribution in [2.45, 2.75) is 61.3 Å². The van der Waals surface area contributed by atoms with Gasteiger partial charge < -0.3 is 0 Å². The summed E-state index contributed by atoms with van der Waals surface area (Å²) in [6, 6.07) is 2.40. The fraction of sp³-hybridized carbons (Fsp3) is 0.647. The quantitative estimate of drug-likeness (QED) is 0.684. The molecule has 0 heteroatoms. The van der Waals surface area contributed by atoms with Crippen LogP contribution in [-0.4, -0.2) is 0 Å². The first-order valence-corrected chi connectivity index (χ1v) is 6.91. The van der Waals surface area contributed by atoms with Gasteiger partial charge in [0.05, 0.1) is 0 Å². The molecule has 0 amide bonds. The van der Waals surface area contributed by atoms with E-state index in [9.17, 15) is 0 Å². The van der Waals surface area contributed by atoms with Gasteiger partial charge in [-0.15, -0.1) is 0 Å². The molecule has 0 aromatic heterocycles. The molecule has 0 spiro atoms. The third kappa shape index (κ3) is 3.59. The summed E-state index contributed by atoms with van der Waals surface area (Å²) in [6.07, 6.45) is 2.42. The average molecular weight is 232 g/mol. The van der Waals surface area contributed by atoms with E-state index in [0.717, 1.165) is 11.8 Å². The Kier molecular flexibility index (Phi) is 4.80. The topological polar surface area (TPSA) is 0 Å². The van der Waals surface area contributed by atoms with E-state index in [1.165, 1.54) is 29.5 Å². The SMILES string of the molecule is Cc1cc(CC(C)C)c(C)c(CC(C)C)c1C. The molecule has 1 aromatic rings. The number of hydrogen-bond acceptors (Lipinski definition) is 0. The Morgan fingerprint density at radius 1 is 0.824 bits per heavy atom. The van der Waals surface area contributed by atoms with Crippen LogP contribution in [0.3, 0.4) is 0 Å². The molecule has 1 rings (SSSR count). The highest BCUT2D eigenvalue weighted by Gasteiger charge is 2.12. The van der Waals surface area contributed by atoms with Gasteiger partial charge >= 0.3 is 0 Å². The van der Waals surface area contributed by atoms with Crippen LogP contribution in [-0.2, 0) is 12.8 Å². The molecule has 96 valence electrons. The summed E-state index contributed by atoms with van der Waals surface area (Å²) < 4.78 is 0. The standard InChI is InChI=1S/C17H28/c1-11(2)8-16-10-13(5)14(6)17(15(16)7)9-12(3)4/h10-12H,8-9H2,1-7H3. The fourth-order valence-corrected chi connectivity index (χ4v) is 2.56. The second-order valence-corrected chi connectivity index (χ2v) is 6.28. The number of aryl methyl sites for hydroxylation is 1. The van der Waals surface area contributed by atoms with E-state index in [4.69, 9.17) is 0 Å². The lowest BCUT2D eigenvalue weighted by molar-refractivity contribution is 0.629. The first kappa shape index (κ1) is 14.3. The van der Waals surface area contributed by atoms with Crippen LogP contribution >= 0.6 is 0 Å². The summed E-state index contributed by atoms with van der Waals surface area (Å²) in [4.78, 5) is 0. The van der Waals surface area contributed by atoms with Crippen molar-refractivity contribution in [1.29, 1.82) is 0 Å². The molecule has 0 N–H and O–H groups in total. The van der Waals surface area contributed by atoms with Crippen molar-refractivity contribution in [2.75, 3.05) is 0 Å². The van der Waals surface area contributed by atoms with Crippen LogP contribution in [0.2, 0.25) is 0 Å². The molecule has 0 aliphatic carbocycles. The van der Waals surface area contributed by atoms with Crippen molar-refractivity contribution < 1.29 is 0 Å². The van der Waals surface area contributed by atoms with Crippen molar-refractivity contribution in [2.24, 2.45) is 11.8 Å². The van der Waals surface area contributed by atoms with Crippen LogP contribution in [0.4, 0.5) is 0 Å². The molecule has 0 bridgehead atoms. The van der Waals surface area contributed by atoms with Gasteiger partial charge in [-0.3, -0.25) is 0 Å². The Balaban J connectivity index is 3.22. The van der Waals surface area contributed by atoms with Crippen molar-refractivity contribution in [3.8, 4) is 0 Å². The molecule has 0 aliphatic heterocycles. The summed E-state index contributed by atoms with van der Waals surface area (Å²) in [5.74, 6) is 1.48. The van der Waals surface area contributed by atoms with Crippen LogP contribution in [0, 0.1) is 32.6 Å². The normalized spacial score (nSPS) is 11.6. The predicted octanol–water partition coefficient (Wildman–Crippen LogP) is 5.01. The third-order valence-corrected chi connectivity index (χ3v) is 3.61. The Morgan fingerprint density at radius 2 is 1.35 bits per heavy atom.